The van der Waals surface area contributed by atoms with Gasteiger partial charge in [-0.15, -0.1) is 0 Å². The van der Waals surface area contributed by atoms with Crippen molar-refractivity contribution in [3.05, 3.63) is 261 Å². The van der Waals surface area contributed by atoms with Crippen molar-refractivity contribution >= 4 is 49.6 Å². The minimum absolute atomic E-state index is 0.868. The zero-order valence-electron chi connectivity index (χ0n) is 36.2. The van der Waals surface area contributed by atoms with Crippen molar-refractivity contribution < 1.29 is 4.42 Å². The van der Waals surface area contributed by atoms with Crippen LogP contribution in [0.5, 0.6) is 0 Å². The van der Waals surface area contributed by atoms with Crippen molar-refractivity contribution in [2.45, 2.75) is 0 Å². The van der Waals surface area contributed by atoms with Gasteiger partial charge in [0.1, 0.15) is 11.3 Å². The molecule has 1 aromatic heterocycles. The fourth-order valence-electron chi connectivity index (χ4n) is 9.50. The maximum absolute atomic E-state index is 6.25. The van der Waals surface area contributed by atoms with Crippen LogP contribution in [0.15, 0.2) is 265 Å². The van der Waals surface area contributed by atoms with Gasteiger partial charge in [-0.05, 0) is 156 Å². The van der Waals surface area contributed by atoms with Gasteiger partial charge in [0.2, 0.25) is 0 Å². The molecule has 0 aliphatic carbocycles. The zero-order chi connectivity index (χ0) is 43.8. The van der Waals surface area contributed by atoms with Crippen molar-refractivity contribution in [2.75, 3.05) is 4.90 Å². The standard InChI is InChI=1S/C64H43NO/c1-3-14-44(15-4-1)53-39-54(45-16-5-2-6-17-45)41-55(40-53)47-28-34-57(35-29-47)65(58-36-30-48(31-37-58)62-42-50-18-7-9-22-59(50)60-23-10-11-24-61(60)62)56-32-26-46(27-33-56)49-20-13-21-51(38-49)64-43-52-19-8-12-25-63(52)66-64/h1-43H. The number of para-hydroxylation sites is 1. The monoisotopic (exact) mass is 841 g/mol. The molecule has 1 heterocycles. The van der Waals surface area contributed by atoms with Crippen LogP contribution in [0.25, 0.3) is 99.5 Å². The molecule has 0 aliphatic heterocycles. The van der Waals surface area contributed by atoms with E-state index >= 15 is 0 Å². The quantitative estimate of drug-likeness (QED) is 0.135. The Morgan fingerprint density at radius 1 is 0.242 bits per heavy atom. The van der Waals surface area contributed by atoms with Gasteiger partial charge in [0.25, 0.3) is 0 Å². The molecule has 0 saturated carbocycles. The lowest BCUT2D eigenvalue weighted by Gasteiger charge is -2.26. The average Bonchev–Trinajstić information content (AvgIpc) is 3.85. The molecule has 0 saturated heterocycles. The Hall–Kier alpha value is -8.72. The number of fused-ring (bicyclic) bond motifs is 4. The van der Waals surface area contributed by atoms with Crippen molar-refractivity contribution in [3.63, 3.8) is 0 Å². The molecule has 0 unspecified atom stereocenters. The molecule has 0 amide bonds. The second kappa shape index (κ2) is 16.8. The minimum atomic E-state index is 0.868. The van der Waals surface area contributed by atoms with E-state index in [1.165, 1.54) is 60.5 Å². The largest absolute Gasteiger partial charge is 0.456 e. The first-order valence-electron chi connectivity index (χ1n) is 22.6. The third-order valence-corrected chi connectivity index (χ3v) is 12.8. The second-order valence-electron chi connectivity index (χ2n) is 16.9. The Morgan fingerprint density at radius 3 is 1.26 bits per heavy atom. The average molecular weight is 842 g/mol. The fourth-order valence-corrected chi connectivity index (χ4v) is 9.50. The SMILES string of the molecule is c1ccc(-c2cc(-c3ccccc3)cc(-c3ccc(N(c4ccc(-c5cccc(-c6cc7ccccc7o6)c5)cc4)c4ccc(-c5cc6ccccc6c6ccccc56)cc4)cc3)c2)cc1. The van der Waals surface area contributed by atoms with E-state index in [1.54, 1.807) is 0 Å². The summed E-state index contributed by atoms with van der Waals surface area (Å²) in [4.78, 5) is 2.36. The molecule has 11 aromatic carbocycles. The normalized spacial score (nSPS) is 11.3. The first-order chi connectivity index (χ1) is 32.7. The molecule has 0 bridgehead atoms. The van der Waals surface area contributed by atoms with Crippen LogP contribution in [0, 0.1) is 0 Å². The maximum Gasteiger partial charge on any atom is 0.135 e. The second-order valence-corrected chi connectivity index (χ2v) is 16.9. The molecule has 0 atom stereocenters. The molecule has 0 aliphatic rings. The first-order valence-corrected chi connectivity index (χ1v) is 22.6. The minimum Gasteiger partial charge on any atom is -0.456 e. The smallest absolute Gasteiger partial charge is 0.135 e. The summed E-state index contributed by atoms with van der Waals surface area (Å²) in [5.74, 6) is 0.868. The number of hydrogen-bond donors (Lipinski definition) is 0. The van der Waals surface area contributed by atoms with Gasteiger partial charge in [0.15, 0.2) is 0 Å². The molecule has 0 spiro atoms. The number of rotatable bonds is 9. The summed E-state index contributed by atoms with van der Waals surface area (Å²) in [5, 5.41) is 6.14. The summed E-state index contributed by atoms with van der Waals surface area (Å²) in [6, 6.07) is 93.9. The summed E-state index contributed by atoms with van der Waals surface area (Å²) in [6.07, 6.45) is 0. The molecule has 12 rings (SSSR count). The number of nitrogens with zero attached hydrogens (tertiary/aromatic N) is 1. The van der Waals surface area contributed by atoms with Crippen molar-refractivity contribution in [1.82, 2.24) is 0 Å². The Kier molecular flexibility index (Phi) is 9.89. The summed E-state index contributed by atoms with van der Waals surface area (Å²) >= 11 is 0. The predicted octanol–water partition coefficient (Wildman–Crippen LogP) is 18.2. The molecule has 66 heavy (non-hydrogen) atoms. The molecule has 310 valence electrons. The molecule has 2 heteroatoms. The maximum atomic E-state index is 6.25. The highest BCUT2D eigenvalue weighted by Crippen LogP contribution is 2.41. The Labute approximate surface area is 384 Å². The lowest BCUT2D eigenvalue weighted by Crippen LogP contribution is -2.09. The van der Waals surface area contributed by atoms with Crippen LogP contribution in [0.1, 0.15) is 0 Å². The Bertz CT molecular complexity index is 3570. The highest BCUT2D eigenvalue weighted by Gasteiger charge is 2.16. The van der Waals surface area contributed by atoms with E-state index in [2.05, 4.69) is 248 Å². The zero-order valence-corrected chi connectivity index (χ0v) is 36.2. The third-order valence-electron chi connectivity index (χ3n) is 12.8. The van der Waals surface area contributed by atoms with Gasteiger partial charge in [0, 0.05) is 28.0 Å². The van der Waals surface area contributed by atoms with E-state index in [1.807, 2.05) is 18.2 Å². The van der Waals surface area contributed by atoms with Gasteiger partial charge >= 0.3 is 0 Å². The van der Waals surface area contributed by atoms with Gasteiger partial charge in [-0.3, -0.25) is 0 Å². The van der Waals surface area contributed by atoms with E-state index in [0.717, 1.165) is 56.0 Å². The highest BCUT2D eigenvalue weighted by atomic mass is 16.3. The molecule has 0 N–H and O–H groups in total. The van der Waals surface area contributed by atoms with E-state index in [-0.39, 0.29) is 0 Å². The number of hydrogen-bond acceptors (Lipinski definition) is 2. The van der Waals surface area contributed by atoms with Crippen LogP contribution < -0.4 is 4.90 Å². The van der Waals surface area contributed by atoms with Gasteiger partial charge in [-0.1, -0.05) is 182 Å². The summed E-state index contributed by atoms with van der Waals surface area (Å²) in [7, 11) is 0. The Morgan fingerprint density at radius 2 is 0.667 bits per heavy atom. The molecule has 0 fully saturated rings. The van der Waals surface area contributed by atoms with Gasteiger partial charge < -0.3 is 9.32 Å². The summed E-state index contributed by atoms with van der Waals surface area (Å²) in [6.45, 7) is 0. The van der Waals surface area contributed by atoms with Crippen LogP contribution in [-0.4, -0.2) is 0 Å². The third kappa shape index (κ3) is 7.41. The van der Waals surface area contributed by atoms with Crippen molar-refractivity contribution in [2.24, 2.45) is 0 Å². The van der Waals surface area contributed by atoms with Crippen LogP contribution in [0.2, 0.25) is 0 Å². The number of benzene rings is 11. The molecular weight excluding hydrogens is 799 g/mol. The lowest BCUT2D eigenvalue weighted by atomic mass is 9.93. The van der Waals surface area contributed by atoms with Crippen LogP contribution in [0.3, 0.4) is 0 Å². The molecular formula is C64H43NO. The van der Waals surface area contributed by atoms with Crippen LogP contribution >= 0.6 is 0 Å². The first kappa shape index (κ1) is 38.9. The van der Waals surface area contributed by atoms with E-state index in [0.29, 0.717) is 0 Å². The fraction of sp³-hybridized carbons (Fsp3) is 0. The number of anilines is 3. The molecule has 0 radical (unpaired) electrons. The number of furan rings is 1. The van der Waals surface area contributed by atoms with Gasteiger partial charge in [0.05, 0.1) is 0 Å². The Balaban J connectivity index is 0.934. The van der Waals surface area contributed by atoms with Crippen LogP contribution in [0.4, 0.5) is 17.1 Å². The lowest BCUT2D eigenvalue weighted by molar-refractivity contribution is 0.631. The molecule has 2 nitrogen and oxygen atoms in total. The van der Waals surface area contributed by atoms with Crippen LogP contribution in [-0.2, 0) is 0 Å². The summed E-state index contributed by atoms with van der Waals surface area (Å²) < 4.78 is 6.25. The highest BCUT2D eigenvalue weighted by molar-refractivity contribution is 6.13. The van der Waals surface area contributed by atoms with E-state index < -0.39 is 0 Å². The predicted molar refractivity (Wildman–Crippen MR) is 279 cm³/mol. The van der Waals surface area contributed by atoms with Crippen molar-refractivity contribution in [3.8, 4) is 67.0 Å². The van der Waals surface area contributed by atoms with E-state index in [4.69, 9.17) is 4.42 Å². The van der Waals surface area contributed by atoms with Gasteiger partial charge in [-0.2, -0.15) is 0 Å². The topological polar surface area (TPSA) is 16.4 Å². The van der Waals surface area contributed by atoms with Crippen molar-refractivity contribution in [1.29, 1.82) is 0 Å². The summed E-state index contributed by atoms with van der Waals surface area (Å²) in [5.41, 5.74) is 17.0. The molecule has 12 aromatic rings. The van der Waals surface area contributed by atoms with Gasteiger partial charge in [-0.25, -0.2) is 0 Å². The van der Waals surface area contributed by atoms with E-state index in [9.17, 15) is 0 Å².